The molecule has 39 heavy (non-hydrogen) atoms. The van der Waals surface area contributed by atoms with Crippen molar-refractivity contribution in [3.05, 3.63) is 92.9 Å². The predicted molar refractivity (Wildman–Crippen MR) is 157 cm³/mol. The summed E-state index contributed by atoms with van der Waals surface area (Å²) >= 11 is 19.0. The maximum atomic E-state index is 13.9. The van der Waals surface area contributed by atoms with Crippen molar-refractivity contribution >= 4 is 62.3 Å². The molecule has 0 aliphatic heterocycles. The van der Waals surface area contributed by atoms with Crippen LogP contribution in [0.3, 0.4) is 0 Å². The Hall–Kier alpha value is -2.78. The summed E-state index contributed by atoms with van der Waals surface area (Å²) in [5, 5.41) is 3.54. The summed E-state index contributed by atoms with van der Waals surface area (Å²) < 4.78 is 28.7. The smallest absolute Gasteiger partial charge is 0.264 e. The minimum atomic E-state index is -4.27. The Morgan fingerprint density at radius 1 is 0.897 bits per heavy atom. The third-order valence-electron chi connectivity index (χ3n) is 5.96. The lowest BCUT2D eigenvalue weighted by molar-refractivity contribution is -0.139. The molecule has 0 aliphatic rings. The van der Waals surface area contributed by atoms with Gasteiger partial charge >= 0.3 is 0 Å². The topological polar surface area (TPSA) is 86.8 Å². The zero-order valence-corrected chi connectivity index (χ0v) is 25.1. The summed E-state index contributed by atoms with van der Waals surface area (Å²) in [6, 6.07) is 16.4. The highest BCUT2D eigenvalue weighted by atomic mass is 35.5. The van der Waals surface area contributed by atoms with Gasteiger partial charge in [0, 0.05) is 22.6 Å². The minimum Gasteiger partial charge on any atom is -0.352 e. The van der Waals surface area contributed by atoms with Gasteiger partial charge in [-0.05, 0) is 69.7 Å². The Morgan fingerprint density at radius 3 is 2.15 bits per heavy atom. The monoisotopic (exact) mass is 609 g/mol. The zero-order chi connectivity index (χ0) is 28.9. The molecule has 3 aromatic carbocycles. The average molecular weight is 611 g/mol. The molecule has 0 saturated heterocycles. The summed E-state index contributed by atoms with van der Waals surface area (Å²) in [7, 11) is -4.27. The number of hydrogen-bond acceptors (Lipinski definition) is 4. The van der Waals surface area contributed by atoms with Crippen LogP contribution in [0.4, 0.5) is 5.69 Å². The molecule has 0 unspecified atom stereocenters. The Labute approximate surface area is 244 Å². The van der Waals surface area contributed by atoms with Crippen LogP contribution in [0, 0.1) is 6.92 Å². The van der Waals surface area contributed by atoms with E-state index in [-0.39, 0.29) is 39.1 Å². The van der Waals surface area contributed by atoms with E-state index in [1.165, 1.54) is 35.2 Å². The lowest BCUT2D eigenvalue weighted by Gasteiger charge is -2.32. The Kier molecular flexibility index (Phi) is 10.3. The predicted octanol–water partition coefficient (Wildman–Crippen LogP) is 6.09. The van der Waals surface area contributed by atoms with Crippen LogP contribution in [0.5, 0.6) is 0 Å². The van der Waals surface area contributed by atoms with Crippen LogP contribution in [0.1, 0.15) is 31.9 Å². The van der Waals surface area contributed by atoms with E-state index in [0.717, 1.165) is 9.87 Å². The highest BCUT2D eigenvalue weighted by molar-refractivity contribution is 7.92. The van der Waals surface area contributed by atoms with Crippen LogP contribution < -0.4 is 9.62 Å². The molecule has 208 valence electrons. The van der Waals surface area contributed by atoms with Crippen molar-refractivity contribution in [3.63, 3.8) is 0 Å². The first-order valence-electron chi connectivity index (χ1n) is 12.2. The van der Waals surface area contributed by atoms with E-state index in [2.05, 4.69) is 5.32 Å². The maximum Gasteiger partial charge on any atom is 0.264 e. The minimum absolute atomic E-state index is 0.0209. The molecular weight excluding hydrogens is 581 g/mol. The molecule has 3 aromatic rings. The number of rotatable bonds is 10. The molecule has 0 bridgehead atoms. The highest BCUT2D eigenvalue weighted by Gasteiger charge is 2.33. The second-order valence-electron chi connectivity index (χ2n) is 9.37. The van der Waals surface area contributed by atoms with E-state index in [1.807, 2.05) is 20.8 Å². The van der Waals surface area contributed by atoms with Crippen LogP contribution in [-0.2, 0) is 26.2 Å². The molecule has 2 amide bonds. The Morgan fingerprint density at radius 2 is 1.54 bits per heavy atom. The SMILES string of the molecule is Cc1ccc(S(=O)(=O)N(CC(=O)N(Cc2ccccc2Cl)[C@H](C)C(=O)NC(C)C)c2cc(Cl)ccc2Cl)cc1. The van der Waals surface area contributed by atoms with E-state index in [9.17, 15) is 18.0 Å². The van der Waals surface area contributed by atoms with Gasteiger partial charge in [-0.3, -0.25) is 13.9 Å². The number of sulfonamides is 1. The van der Waals surface area contributed by atoms with Crippen LogP contribution in [-0.4, -0.2) is 43.8 Å². The number of nitrogens with zero attached hydrogens (tertiary/aromatic N) is 2. The first-order chi connectivity index (χ1) is 18.3. The number of carbonyl (C=O) groups excluding carboxylic acids is 2. The fourth-order valence-corrected chi connectivity index (χ4v) is 5.88. The Bertz CT molecular complexity index is 1450. The van der Waals surface area contributed by atoms with E-state index in [1.54, 1.807) is 43.3 Å². The third-order valence-corrected chi connectivity index (χ3v) is 8.66. The van der Waals surface area contributed by atoms with E-state index in [0.29, 0.717) is 10.6 Å². The largest absolute Gasteiger partial charge is 0.352 e. The van der Waals surface area contributed by atoms with Gasteiger partial charge in [-0.15, -0.1) is 0 Å². The molecule has 1 atom stereocenters. The van der Waals surface area contributed by atoms with Crippen molar-refractivity contribution in [2.75, 3.05) is 10.8 Å². The first-order valence-corrected chi connectivity index (χ1v) is 14.8. The molecule has 0 saturated carbocycles. The van der Waals surface area contributed by atoms with Gasteiger partial charge in [-0.2, -0.15) is 0 Å². The first kappa shape index (κ1) is 30.8. The molecule has 0 spiro atoms. The van der Waals surface area contributed by atoms with Gasteiger partial charge in [-0.25, -0.2) is 8.42 Å². The fraction of sp³-hybridized carbons (Fsp3) is 0.286. The van der Waals surface area contributed by atoms with Crippen LogP contribution in [0.2, 0.25) is 15.1 Å². The van der Waals surface area contributed by atoms with Gasteiger partial charge < -0.3 is 10.2 Å². The molecule has 0 aromatic heterocycles. The number of hydrogen-bond donors (Lipinski definition) is 1. The second kappa shape index (κ2) is 13.0. The number of carbonyl (C=O) groups is 2. The molecule has 7 nitrogen and oxygen atoms in total. The second-order valence-corrected chi connectivity index (χ2v) is 12.5. The molecule has 0 aliphatic carbocycles. The number of benzene rings is 3. The van der Waals surface area contributed by atoms with Crippen LogP contribution in [0.15, 0.2) is 71.6 Å². The van der Waals surface area contributed by atoms with E-state index >= 15 is 0 Å². The van der Waals surface area contributed by atoms with Gasteiger partial charge in [0.2, 0.25) is 11.8 Å². The maximum absolute atomic E-state index is 13.9. The third kappa shape index (κ3) is 7.66. The highest BCUT2D eigenvalue weighted by Crippen LogP contribution is 2.33. The number of anilines is 1. The lowest BCUT2D eigenvalue weighted by atomic mass is 10.1. The van der Waals surface area contributed by atoms with E-state index in [4.69, 9.17) is 34.8 Å². The standard InChI is InChI=1S/C28H30Cl3N3O4S/c1-18(2)32-28(36)20(4)33(16-21-7-5-6-8-24(21)30)27(35)17-34(26-15-22(29)11-14-25(26)31)39(37,38)23-12-9-19(3)10-13-23/h5-15,18,20H,16-17H2,1-4H3,(H,32,36)/t20-/m1/s1. The zero-order valence-electron chi connectivity index (χ0n) is 22.0. The molecule has 0 fully saturated rings. The fourth-order valence-electron chi connectivity index (χ4n) is 3.83. The summed E-state index contributed by atoms with van der Waals surface area (Å²) in [5.41, 5.74) is 1.51. The molecule has 0 heterocycles. The summed E-state index contributed by atoms with van der Waals surface area (Å²) in [6.07, 6.45) is 0. The van der Waals surface area contributed by atoms with Gasteiger partial charge in [0.25, 0.3) is 10.0 Å². The lowest BCUT2D eigenvalue weighted by Crippen LogP contribution is -2.52. The van der Waals surface area contributed by atoms with Crippen molar-refractivity contribution in [3.8, 4) is 0 Å². The summed E-state index contributed by atoms with van der Waals surface area (Å²) in [4.78, 5) is 28.2. The van der Waals surface area contributed by atoms with Gasteiger partial charge in [-0.1, -0.05) is 70.7 Å². The molecule has 1 N–H and O–H groups in total. The summed E-state index contributed by atoms with van der Waals surface area (Å²) in [6.45, 7) is 6.37. The van der Waals surface area contributed by atoms with Gasteiger partial charge in [0.05, 0.1) is 15.6 Å². The average Bonchev–Trinajstić information content (AvgIpc) is 2.87. The van der Waals surface area contributed by atoms with Gasteiger partial charge in [0.1, 0.15) is 12.6 Å². The molecular formula is C28H30Cl3N3O4S. The van der Waals surface area contributed by atoms with Gasteiger partial charge in [0.15, 0.2) is 0 Å². The Balaban J connectivity index is 2.09. The van der Waals surface area contributed by atoms with Crippen molar-refractivity contribution in [1.82, 2.24) is 10.2 Å². The summed E-state index contributed by atoms with van der Waals surface area (Å²) in [5.74, 6) is -1.02. The molecule has 11 heteroatoms. The van der Waals surface area contributed by atoms with Crippen LogP contribution >= 0.6 is 34.8 Å². The van der Waals surface area contributed by atoms with Crippen molar-refractivity contribution < 1.29 is 18.0 Å². The number of amides is 2. The number of halogens is 3. The van der Waals surface area contributed by atoms with Crippen molar-refractivity contribution in [1.29, 1.82) is 0 Å². The number of aryl methyl sites for hydroxylation is 1. The van der Waals surface area contributed by atoms with E-state index < -0.39 is 28.5 Å². The normalized spacial score (nSPS) is 12.2. The number of nitrogens with one attached hydrogen (secondary N) is 1. The molecule has 3 rings (SSSR count). The quantitative estimate of drug-likeness (QED) is 0.301. The molecule has 0 radical (unpaired) electrons. The van der Waals surface area contributed by atoms with Crippen LogP contribution in [0.25, 0.3) is 0 Å². The van der Waals surface area contributed by atoms with Crippen molar-refractivity contribution in [2.45, 2.75) is 51.2 Å². The van der Waals surface area contributed by atoms with Crippen molar-refractivity contribution in [2.24, 2.45) is 0 Å².